The molecule has 0 heterocycles. The van der Waals surface area contributed by atoms with Crippen LogP contribution in [0.4, 0.5) is 5.69 Å². The highest BCUT2D eigenvalue weighted by Gasteiger charge is 2.05. The van der Waals surface area contributed by atoms with Gasteiger partial charge >= 0.3 is 0 Å². The topological polar surface area (TPSA) is 47.6 Å². The number of ether oxygens (including phenoxy) is 2. The Morgan fingerprint density at radius 2 is 1.58 bits per heavy atom. The van der Waals surface area contributed by atoms with Crippen molar-refractivity contribution in [3.63, 3.8) is 0 Å². The fourth-order valence-corrected chi connectivity index (χ4v) is 2.26. The Kier molecular flexibility index (Phi) is 6.24. The van der Waals surface area contributed by atoms with Gasteiger partial charge in [-0.15, -0.1) is 0 Å². The highest BCUT2D eigenvalue weighted by Crippen LogP contribution is 2.18. The lowest BCUT2D eigenvalue weighted by Gasteiger charge is -2.11. The molecule has 0 fully saturated rings. The number of carbonyl (C=O) groups excluding carboxylic acids is 1. The van der Waals surface area contributed by atoms with E-state index < -0.39 is 0 Å². The monoisotopic (exact) mass is 327 g/mol. The summed E-state index contributed by atoms with van der Waals surface area (Å²) in [5, 5.41) is 2.81. The van der Waals surface area contributed by atoms with Gasteiger partial charge in [-0.1, -0.05) is 19.9 Å². The fourth-order valence-electron chi connectivity index (χ4n) is 2.26. The molecule has 0 unspecified atom stereocenters. The summed E-state index contributed by atoms with van der Waals surface area (Å²) in [4.78, 5) is 12.0. The van der Waals surface area contributed by atoms with Crippen LogP contribution >= 0.6 is 0 Å². The van der Waals surface area contributed by atoms with Gasteiger partial charge in [0, 0.05) is 5.69 Å². The molecule has 0 aliphatic heterocycles. The van der Waals surface area contributed by atoms with Crippen LogP contribution in [-0.2, 0) is 4.79 Å². The first-order chi connectivity index (χ1) is 11.4. The fraction of sp³-hybridized carbons (Fsp3) is 0.350. The van der Waals surface area contributed by atoms with Crippen molar-refractivity contribution < 1.29 is 14.3 Å². The van der Waals surface area contributed by atoms with Crippen LogP contribution in [0.1, 0.15) is 25.0 Å². The van der Waals surface area contributed by atoms with Crippen LogP contribution in [0.15, 0.2) is 42.5 Å². The number of benzene rings is 2. The summed E-state index contributed by atoms with van der Waals surface area (Å²) in [5.74, 6) is 1.80. The standard InChI is InChI=1S/C20H25NO3/c1-14(2)12-23-18-7-5-17(6-8-18)21-20(22)13-24-19-10-15(3)9-16(4)11-19/h5-11,14H,12-13H2,1-4H3,(H,21,22). The Morgan fingerprint density at radius 1 is 0.958 bits per heavy atom. The molecule has 1 N–H and O–H groups in total. The zero-order valence-electron chi connectivity index (χ0n) is 14.8. The molecule has 0 bridgehead atoms. The van der Waals surface area contributed by atoms with Crippen LogP contribution < -0.4 is 14.8 Å². The Bertz CT molecular complexity index is 658. The van der Waals surface area contributed by atoms with E-state index >= 15 is 0 Å². The summed E-state index contributed by atoms with van der Waals surface area (Å²) < 4.78 is 11.2. The lowest BCUT2D eigenvalue weighted by molar-refractivity contribution is -0.118. The first-order valence-corrected chi connectivity index (χ1v) is 8.16. The lowest BCUT2D eigenvalue weighted by atomic mass is 10.1. The number of aryl methyl sites for hydroxylation is 2. The third-order valence-electron chi connectivity index (χ3n) is 3.29. The summed E-state index contributed by atoms with van der Waals surface area (Å²) in [6, 6.07) is 13.2. The average Bonchev–Trinajstić information content (AvgIpc) is 2.51. The van der Waals surface area contributed by atoms with E-state index in [9.17, 15) is 4.79 Å². The first kappa shape index (κ1) is 17.9. The molecule has 1 amide bonds. The minimum Gasteiger partial charge on any atom is -0.493 e. The number of nitrogens with one attached hydrogen (secondary N) is 1. The van der Waals surface area contributed by atoms with Crippen LogP contribution in [0.25, 0.3) is 0 Å². The van der Waals surface area contributed by atoms with Crippen LogP contribution in [0.2, 0.25) is 0 Å². The van der Waals surface area contributed by atoms with E-state index in [1.54, 1.807) is 0 Å². The minimum absolute atomic E-state index is 0.0194. The summed E-state index contributed by atoms with van der Waals surface area (Å²) in [6.07, 6.45) is 0. The maximum absolute atomic E-state index is 12.0. The average molecular weight is 327 g/mol. The zero-order chi connectivity index (χ0) is 17.5. The largest absolute Gasteiger partial charge is 0.493 e. The SMILES string of the molecule is Cc1cc(C)cc(OCC(=O)Nc2ccc(OCC(C)C)cc2)c1. The Balaban J connectivity index is 1.83. The predicted octanol–water partition coefficient (Wildman–Crippen LogP) is 4.36. The molecule has 0 atom stereocenters. The van der Waals surface area contributed by atoms with Crippen molar-refractivity contribution in [1.29, 1.82) is 0 Å². The van der Waals surface area contributed by atoms with Crippen molar-refractivity contribution in [1.82, 2.24) is 0 Å². The molecule has 24 heavy (non-hydrogen) atoms. The smallest absolute Gasteiger partial charge is 0.262 e. The van der Waals surface area contributed by atoms with Crippen molar-refractivity contribution in [2.45, 2.75) is 27.7 Å². The van der Waals surface area contributed by atoms with Crippen LogP contribution in [0.3, 0.4) is 0 Å². The van der Waals surface area contributed by atoms with Crippen molar-refractivity contribution in [3.8, 4) is 11.5 Å². The van der Waals surface area contributed by atoms with E-state index in [1.165, 1.54) is 0 Å². The molecule has 2 rings (SSSR count). The van der Waals surface area contributed by atoms with E-state index in [2.05, 4.69) is 25.2 Å². The molecule has 2 aromatic carbocycles. The van der Waals surface area contributed by atoms with Gasteiger partial charge in [-0.2, -0.15) is 0 Å². The van der Waals surface area contributed by atoms with Crippen molar-refractivity contribution in [3.05, 3.63) is 53.6 Å². The Labute approximate surface area is 143 Å². The van der Waals surface area contributed by atoms with Gasteiger partial charge in [-0.3, -0.25) is 4.79 Å². The summed E-state index contributed by atoms with van der Waals surface area (Å²) in [6.45, 7) is 8.87. The number of carbonyl (C=O) groups is 1. The number of anilines is 1. The van der Waals surface area contributed by atoms with Gasteiger partial charge in [-0.25, -0.2) is 0 Å². The van der Waals surface area contributed by atoms with E-state index in [1.807, 2.05) is 50.2 Å². The van der Waals surface area contributed by atoms with Gasteiger partial charge in [-0.05, 0) is 67.3 Å². The number of rotatable bonds is 7. The third-order valence-corrected chi connectivity index (χ3v) is 3.29. The van der Waals surface area contributed by atoms with Gasteiger partial charge in [0.25, 0.3) is 5.91 Å². The van der Waals surface area contributed by atoms with Gasteiger partial charge in [0.1, 0.15) is 11.5 Å². The van der Waals surface area contributed by atoms with Gasteiger partial charge in [0.15, 0.2) is 6.61 Å². The maximum atomic E-state index is 12.0. The number of hydrogen-bond acceptors (Lipinski definition) is 3. The second-order valence-corrected chi connectivity index (χ2v) is 6.39. The van der Waals surface area contributed by atoms with Crippen molar-refractivity contribution in [2.75, 3.05) is 18.5 Å². The molecule has 0 saturated heterocycles. The lowest BCUT2D eigenvalue weighted by Crippen LogP contribution is -2.20. The summed E-state index contributed by atoms with van der Waals surface area (Å²) in [5.41, 5.74) is 2.95. The van der Waals surface area contributed by atoms with E-state index in [4.69, 9.17) is 9.47 Å². The van der Waals surface area contributed by atoms with Crippen LogP contribution in [0.5, 0.6) is 11.5 Å². The van der Waals surface area contributed by atoms with Crippen LogP contribution in [0, 0.1) is 19.8 Å². The van der Waals surface area contributed by atoms with Gasteiger partial charge in [0.2, 0.25) is 0 Å². The van der Waals surface area contributed by atoms with E-state index in [0.29, 0.717) is 18.3 Å². The molecule has 0 spiro atoms. The Hall–Kier alpha value is -2.49. The van der Waals surface area contributed by atoms with Crippen molar-refractivity contribution >= 4 is 11.6 Å². The Morgan fingerprint density at radius 3 is 2.17 bits per heavy atom. The second kappa shape index (κ2) is 8.39. The third kappa shape index (κ3) is 5.95. The molecule has 0 aromatic heterocycles. The molecule has 2 aromatic rings. The molecule has 0 aliphatic rings. The van der Waals surface area contributed by atoms with Gasteiger partial charge in [0.05, 0.1) is 6.61 Å². The molecule has 4 heteroatoms. The molecular weight excluding hydrogens is 302 g/mol. The summed E-state index contributed by atoms with van der Waals surface area (Å²) in [7, 11) is 0. The molecule has 0 saturated carbocycles. The first-order valence-electron chi connectivity index (χ1n) is 8.16. The molecule has 4 nitrogen and oxygen atoms in total. The molecule has 128 valence electrons. The number of hydrogen-bond donors (Lipinski definition) is 1. The quantitative estimate of drug-likeness (QED) is 0.822. The number of amides is 1. The highest BCUT2D eigenvalue weighted by atomic mass is 16.5. The van der Waals surface area contributed by atoms with E-state index in [-0.39, 0.29) is 12.5 Å². The van der Waals surface area contributed by atoms with E-state index in [0.717, 1.165) is 22.6 Å². The van der Waals surface area contributed by atoms with Crippen molar-refractivity contribution in [2.24, 2.45) is 5.92 Å². The maximum Gasteiger partial charge on any atom is 0.262 e. The molecule has 0 aliphatic carbocycles. The minimum atomic E-state index is -0.190. The molecular formula is C20H25NO3. The zero-order valence-corrected chi connectivity index (χ0v) is 14.8. The van der Waals surface area contributed by atoms with Gasteiger partial charge < -0.3 is 14.8 Å². The predicted molar refractivity (Wildman–Crippen MR) is 96.8 cm³/mol. The molecule has 0 radical (unpaired) electrons. The highest BCUT2D eigenvalue weighted by molar-refractivity contribution is 5.91. The van der Waals surface area contributed by atoms with Crippen LogP contribution in [-0.4, -0.2) is 19.1 Å². The second-order valence-electron chi connectivity index (χ2n) is 6.39. The normalized spacial score (nSPS) is 10.5. The summed E-state index contributed by atoms with van der Waals surface area (Å²) >= 11 is 0.